The molecule has 8 heteroatoms. The normalized spacial score (nSPS) is 20.0. The van der Waals surface area contributed by atoms with E-state index in [1.54, 1.807) is 4.90 Å². The number of carbonyl (C=O) groups is 3. The number of aliphatic hydroxyl groups is 1. The van der Waals surface area contributed by atoms with Crippen LogP contribution >= 0.6 is 0 Å². The maximum atomic E-state index is 12.1. The van der Waals surface area contributed by atoms with Gasteiger partial charge in [0.05, 0.1) is 31.8 Å². The van der Waals surface area contributed by atoms with Crippen molar-refractivity contribution >= 4 is 17.8 Å². The largest absolute Gasteiger partial charge is 0.465 e. The lowest BCUT2D eigenvalue weighted by atomic mass is 10.1. The highest BCUT2D eigenvalue weighted by molar-refractivity contribution is 5.86. The molecule has 3 N–H and O–H groups in total. The van der Waals surface area contributed by atoms with Gasteiger partial charge in [0, 0.05) is 6.54 Å². The quantitative estimate of drug-likeness (QED) is 0.548. The molecule has 1 rings (SSSR count). The molecule has 2 atom stereocenters. The smallest absolute Gasteiger partial charge is 0.308 e. The lowest BCUT2D eigenvalue weighted by molar-refractivity contribution is -0.147. The molecule has 1 aliphatic heterocycles. The van der Waals surface area contributed by atoms with Crippen LogP contribution in [0.5, 0.6) is 0 Å². The molecule has 0 bridgehead atoms. The molecule has 1 fully saturated rings. The molecular formula is C16H29N3O5. The van der Waals surface area contributed by atoms with Gasteiger partial charge in [0.25, 0.3) is 0 Å². The topological polar surface area (TPSA) is 113 Å². The zero-order chi connectivity index (χ0) is 18.4. The van der Waals surface area contributed by atoms with Gasteiger partial charge in [0.15, 0.2) is 0 Å². The fourth-order valence-electron chi connectivity index (χ4n) is 2.85. The van der Waals surface area contributed by atoms with Crippen molar-refractivity contribution in [3.8, 4) is 0 Å². The summed E-state index contributed by atoms with van der Waals surface area (Å²) in [5, 5.41) is 10.1. The molecule has 138 valence electrons. The van der Waals surface area contributed by atoms with Crippen LogP contribution in [-0.4, -0.2) is 71.2 Å². The van der Waals surface area contributed by atoms with Crippen molar-refractivity contribution in [1.29, 1.82) is 0 Å². The SMILES string of the molecule is CC(C)COC(=O)CC(O)CN1CC(=O)N(CC(N)=O)C1C(C)C. The summed E-state index contributed by atoms with van der Waals surface area (Å²) >= 11 is 0. The van der Waals surface area contributed by atoms with E-state index in [0.717, 1.165) is 0 Å². The third kappa shape index (κ3) is 6.09. The number of hydrogen-bond acceptors (Lipinski definition) is 6. The molecule has 0 spiro atoms. The van der Waals surface area contributed by atoms with E-state index >= 15 is 0 Å². The fourth-order valence-corrected chi connectivity index (χ4v) is 2.85. The number of ether oxygens (including phenoxy) is 1. The zero-order valence-electron chi connectivity index (χ0n) is 14.9. The molecule has 0 aromatic rings. The average molecular weight is 343 g/mol. The van der Waals surface area contributed by atoms with Crippen LogP contribution in [0.2, 0.25) is 0 Å². The number of nitrogens with zero attached hydrogens (tertiary/aromatic N) is 2. The van der Waals surface area contributed by atoms with Crippen molar-refractivity contribution < 1.29 is 24.2 Å². The second-order valence-electron chi connectivity index (χ2n) is 7.01. The maximum Gasteiger partial charge on any atom is 0.308 e. The van der Waals surface area contributed by atoms with Crippen LogP contribution in [-0.2, 0) is 19.1 Å². The highest BCUT2D eigenvalue weighted by atomic mass is 16.5. The Hall–Kier alpha value is -1.67. The number of esters is 1. The van der Waals surface area contributed by atoms with Crippen molar-refractivity contribution in [2.75, 3.05) is 26.2 Å². The van der Waals surface area contributed by atoms with Crippen molar-refractivity contribution in [3.05, 3.63) is 0 Å². The van der Waals surface area contributed by atoms with Gasteiger partial charge in [-0.3, -0.25) is 19.3 Å². The first-order valence-corrected chi connectivity index (χ1v) is 8.27. The number of carbonyl (C=O) groups excluding carboxylic acids is 3. The molecule has 0 saturated carbocycles. The van der Waals surface area contributed by atoms with Crippen LogP contribution in [0.4, 0.5) is 0 Å². The summed E-state index contributed by atoms with van der Waals surface area (Å²) in [4.78, 5) is 38.2. The van der Waals surface area contributed by atoms with E-state index in [4.69, 9.17) is 10.5 Å². The monoisotopic (exact) mass is 343 g/mol. The van der Waals surface area contributed by atoms with Crippen molar-refractivity contribution in [1.82, 2.24) is 9.80 Å². The van der Waals surface area contributed by atoms with Gasteiger partial charge in [-0.15, -0.1) is 0 Å². The summed E-state index contributed by atoms with van der Waals surface area (Å²) < 4.78 is 5.05. The van der Waals surface area contributed by atoms with Gasteiger partial charge in [-0.25, -0.2) is 0 Å². The number of aliphatic hydroxyl groups excluding tert-OH is 1. The van der Waals surface area contributed by atoms with Crippen LogP contribution in [0.15, 0.2) is 0 Å². The molecule has 1 aliphatic rings. The Kier molecular flexibility index (Phi) is 7.62. The second kappa shape index (κ2) is 8.98. The van der Waals surface area contributed by atoms with Crippen molar-refractivity contribution in [2.24, 2.45) is 17.6 Å². The molecule has 0 aromatic carbocycles. The minimum Gasteiger partial charge on any atom is -0.465 e. The molecular weight excluding hydrogens is 314 g/mol. The molecule has 1 heterocycles. The van der Waals surface area contributed by atoms with Crippen LogP contribution in [0.3, 0.4) is 0 Å². The van der Waals surface area contributed by atoms with Gasteiger partial charge in [0.2, 0.25) is 11.8 Å². The van der Waals surface area contributed by atoms with Crippen molar-refractivity contribution in [2.45, 2.75) is 46.4 Å². The molecule has 0 radical (unpaired) electrons. The summed E-state index contributed by atoms with van der Waals surface area (Å²) in [6, 6.07) is 0. The number of rotatable bonds is 9. The lowest BCUT2D eigenvalue weighted by Gasteiger charge is -2.33. The number of β-amino-alcohol motifs (C(OH)–C–C–N with tert-alkyl or cyclic N) is 1. The third-order valence-electron chi connectivity index (χ3n) is 3.70. The molecule has 0 aromatic heterocycles. The van der Waals surface area contributed by atoms with Crippen LogP contribution in [0, 0.1) is 11.8 Å². The minimum absolute atomic E-state index is 0.0518. The third-order valence-corrected chi connectivity index (χ3v) is 3.70. The van der Waals surface area contributed by atoms with Gasteiger partial charge >= 0.3 is 5.97 Å². The molecule has 2 unspecified atom stereocenters. The first kappa shape index (κ1) is 20.4. The van der Waals surface area contributed by atoms with E-state index in [-0.39, 0.29) is 50.0 Å². The Morgan fingerprint density at radius 2 is 1.96 bits per heavy atom. The number of amides is 2. The first-order valence-electron chi connectivity index (χ1n) is 8.27. The number of primary amides is 1. The second-order valence-corrected chi connectivity index (χ2v) is 7.01. The average Bonchev–Trinajstić information content (AvgIpc) is 2.71. The standard InChI is InChI=1S/C16H29N3O5/c1-10(2)9-24-15(23)5-12(20)6-18-8-14(22)19(7-13(17)21)16(18)11(3)4/h10-12,16,20H,5-9H2,1-4H3,(H2,17,21). The number of nitrogens with two attached hydrogens (primary N) is 1. The molecule has 24 heavy (non-hydrogen) atoms. The van der Waals surface area contributed by atoms with E-state index in [1.165, 1.54) is 4.90 Å². The van der Waals surface area contributed by atoms with Gasteiger partial charge in [0.1, 0.15) is 6.54 Å². The predicted octanol–water partition coefficient (Wildman–Crippen LogP) is -0.452. The maximum absolute atomic E-state index is 12.1. The zero-order valence-corrected chi connectivity index (χ0v) is 14.9. The Bertz CT molecular complexity index is 467. The molecule has 0 aliphatic carbocycles. The molecule has 8 nitrogen and oxygen atoms in total. The van der Waals surface area contributed by atoms with Crippen molar-refractivity contribution in [3.63, 3.8) is 0 Å². The summed E-state index contributed by atoms with van der Waals surface area (Å²) in [5.41, 5.74) is 5.21. The van der Waals surface area contributed by atoms with Gasteiger partial charge in [-0.1, -0.05) is 27.7 Å². The van der Waals surface area contributed by atoms with Crippen LogP contribution in [0.25, 0.3) is 0 Å². The minimum atomic E-state index is -0.938. The summed E-state index contributed by atoms with van der Waals surface area (Å²) in [5.74, 6) is -0.960. The Morgan fingerprint density at radius 1 is 1.33 bits per heavy atom. The molecule has 1 saturated heterocycles. The Labute approximate surface area is 142 Å². The van der Waals surface area contributed by atoms with Crippen LogP contribution < -0.4 is 5.73 Å². The van der Waals surface area contributed by atoms with Gasteiger partial charge in [-0.05, 0) is 11.8 Å². The van der Waals surface area contributed by atoms with Crippen LogP contribution in [0.1, 0.15) is 34.1 Å². The Balaban J connectivity index is 2.63. The van der Waals surface area contributed by atoms with E-state index in [9.17, 15) is 19.5 Å². The Morgan fingerprint density at radius 3 is 2.46 bits per heavy atom. The van der Waals surface area contributed by atoms with E-state index < -0.39 is 18.0 Å². The highest BCUT2D eigenvalue weighted by Gasteiger charge is 2.40. The summed E-state index contributed by atoms with van der Waals surface area (Å²) in [7, 11) is 0. The lowest BCUT2D eigenvalue weighted by Crippen LogP contribution is -2.48. The van der Waals surface area contributed by atoms with Gasteiger partial charge < -0.3 is 20.5 Å². The predicted molar refractivity (Wildman–Crippen MR) is 87.5 cm³/mol. The van der Waals surface area contributed by atoms with E-state index in [0.29, 0.717) is 6.61 Å². The summed E-state index contributed by atoms with van der Waals surface area (Å²) in [6.45, 7) is 8.12. The molecule has 2 amide bonds. The fraction of sp³-hybridized carbons (Fsp3) is 0.812. The van der Waals surface area contributed by atoms with E-state index in [1.807, 2.05) is 27.7 Å². The van der Waals surface area contributed by atoms with Gasteiger partial charge in [-0.2, -0.15) is 0 Å². The first-order chi connectivity index (χ1) is 11.1. The van der Waals surface area contributed by atoms with E-state index in [2.05, 4.69) is 0 Å². The number of hydrogen-bond donors (Lipinski definition) is 2. The highest BCUT2D eigenvalue weighted by Crippen LogP contribution is 2.23. The summed E-state index contributed by atoms with van der Waals surface area (Å²) in [6.07, 6.45) is -1.39.